The van der Waals surface area contributed by atoms with Crippen LogP contribution >= 0.6 is 15.9 Å². The van der Waals surface area contributed by atoms with E-state index in [2.05, 4.69) is 84.7 Å². The monoisotopic (exact) mass is 520 g/mol. The zero-order valence-corrected chi connectivity index (χ0v) is 23.7. The summed E-state index contributed by atoms with van der Waals surface area (Å²) in [4.78, 5) is 17.0. The molecular weight excluding hydrogens is 472 g/mol. The van der Waals surface area contributed by atoms with Gasteiger partial charge in [0.15, 0.2) is 0 Å². The number of piperazine rings is 1. The molecule has 0 radical (unpaired) electrons. The Morgan fingerprint density at radius 1 is 0.697 bits per heavy atom. The van der Waals surface area contributed by atoms with Crippen LogP contribution in [0.2, 0.25) is 0 Å². The number of amides is 1. The molecule has 0 bridgehead atoms. The second-order valence-corrected chi connectivity index (χ2v) is 10.6. The molecule has 0 N–H and O–H groups in total. The van der Waals surface area contributed by atoms with Crippen molar-refractivity contribution in [2.24, 2.45) is 0 Å². The van der Waals surface area contributed by atoms with Gasteiger partial charge in [-0.3, -0.25) is 9.69 Å². The maximum absolute atomic E-state index is 12.5. The van der Waals surface area contributed by atoms with E-state index in [0.717, 1.165) is 76.6 Å². The van der Waals surface area contributed by atoms with Gasteiger partial charge in [0.2, 0.25) is 5.91 Å². The molecule has 0 aliphatic carbocycles. The van der Waals surface area contributed by atoms with Crippen LogP contribution in [0.5, 0.6) is 0 Å². The van der Waals surface area contributed by atoms with Crippen LogP contribution in [-0.4, -0.2) is 53.8 Å². The molecule has 1 amide bonds. The average Bonchev–Trinajstić information content (AvgIpc) is 2.77. The summed E-state index contributed by atoms with van der Waals surface area (Å²) in [6.07, 6.45) is 18.9. The molecule has 1 saturated heterocycles. The molecule has 0 atom stereocenters. The topological polar surface area (TPSA) is 23.6 Å². The highest BCUT2D eigenvalue weighted by molar-refractivity contribution is 9.09. The number of halogens is 1. The van der Waals surface area contributed by atoms with Gasteiger partial charge in [0.05, 0.1) is 0 Å². The van der Waals surface area contributed by atoms with Gasteiger partial charge in [-0.25, -0.2) is 0 Å². The second-order valence-electron chi connectivity index (χ2n) is 9.85. The quantitative estimate of drug-likeness (QED) is 0.162. The van der Waals surface area contributed by atoms with Crippen molar-refractivity contribution in [1.82, 2.24) is 9.80 Å². The molecule has 33 heavy (non-hydrogen) atoms. The normalized spacial score (nSPS) is 16.3. The Hall–Kier alpha value is -1.13. The minimum Gasteiger partial charge on any atom is -0.340 e. The van der Waals surface area contributed by atoms with Crippen LogP contribution in [0, 0.1) is 0 Å². The summed E-state index contributed by atoms with van der Waals surface area (Å²) >= 11 is 3.50. The van der Waals surface area contributed by atoms with E-state index in [4.69, 9.17) is 0 Å². The van der Waals surface area contributed by atoms with Crippen LogP contribution in [-0.2, 0) is 4.79 Å². The number of nitrogens with zero attached hydrogens (tertiary/aromatic N) is 2. The van der Waals surface area contributed by atoms with E-state index in [9.17, 15) is 4.79 Å². The Kier molecular flexibility index (Phi) is 16.5. The molecule has 0 saturated carbocycles. The Bertz CT molecular complexity index is 678. The van der Waals surface area contributed by atoms with Gasteiger partial charge in [-0.2, -0.15) is 0 Å². The lowest BCUT2D eigenvalue weighted by molar-refractivity contribution is -0.132. The Morgan fingerprint density at radius 3 is 1.61 bits per heavy atom. The third kappa shape index (κ3) is 15.4. The largest absolute Gasteiger partial charge is 0.340 e. The smallest absolute Gasteiger partial charge is 0.222 e. The summed E-state index contributed by atoms with van der Waals surface area (Å²) in [5, 5.41) is 1.06. The first-order valence-electron chi connectivity index (χ1n) is 13.0. The summed E-state index contributed by atoms with van der Waals surface area (Å²) in [6.45, 7) is 16.0. The lowest BCUT2D eigenvalue weighted by Crippen LogP contribution is -2.48. The fraction of sp³-hybridized carbons (Fsp3) is 0.690. The maximum Gasteiger partial charge on any atom is 0.222 e. The maximum atomic E-state index is 12.5. The van der Waals surface area contributed by atoms with Gasteiger partial charge in [-0.1, -0.05) is 62.5 Å². The van der Waals surface area contributed by atoms with Crippen LogP contribution in [0.15, 0.2) is 46.6 Å². The summed E-state index contributed by atoms with van der Waals surface area (Å²) in [5.41, 5.74) is 5.81. The molecule has 3 nitrogen and oxygen atoms in total. The van der Waals surface area contributed by atoms with Crippen LogP contribution in [0.25, 0.3) is 0 Å². The average molecular weight is 522 g/mol. The fourth-order valence-corrected chi connectivity index (χ4v) is 4.34. The van der Waals surface area contributed by atoms with E-state index in [-0.39, 0.29) is 0 Å². The van der Waals surface area contributed by atoms with Crippen molar-refractivity contribution in [3.05, 3.63) is 46.6 Å². The Labute approximate surface area is 213 Å². The molecule has 0 unspecified atom stereocenters. The molecular formula is C29H49BrN2O. The zero-order chi connectivity index (χ0) is 24.5. The van der Waals surface area contributed by atoms with E-state index >= 15 is 0 Å². The number of allylic oxidation sites excluding steroid dienone is 8. The van der Waals surface area contributed by atoms with Crippen molar-refractivity contribution < 1.29 is 4.79 Å². The molecule has 0 aromatic carbocycles. The lowest BCUT2D eigenvalue weighted by atomic mass is 10.0. The predicted molar refractivity (Wildman–Crippen MR) is 149 cm³/mol. The van der Waals surface area contributed by atoms with Crippen LogP contribution < -0.4 is 0 Å². The van der Waals surface area contributed by atoms with Crippen molar-refractivity contribution in [2.75, 3.05) is 38.1 Å². The molecule has 1 rings (SSSR count). The van der Waals surface area contributed by atoms with Crippen molar-refractivity contribution in [3.8, 4) is 0 Å². The highest BCUT2D eigenvalue weighted by Crippen LogP contribution is 2.14. The zero-order valence-electron chi connectivity index (χ0n) is 22.1. The molecule has 1 fully saturated rings. The third-order valence-electron chi connectivity index (χ3n) is 6.34. The number of carbonyl (C=O) groups excluding carboxylic acids is 1. The number of hydrogen-bond donors (Lipinski definition) is 0. The number of rotatable bonds is 15. The summed E-state index contributed by atoms with van der Waals surface area (Å²) in [7, 11) is 0. The van der Waals surface area contributed by atoms with E-state index in [1.165, 1.54) is 35.1 Å². The molecule has 1 aliphatic rings. The standard InChI is InChI=1S/C29H49BrN2O/c1-25(2)11-6-12-26(3)13-7-14-27(4)15-8-16-28(5)17-9-18-29(33)32-23-21-31(22-24-32)20-10-19-30/h11,13,15,17H,6-10,12,14,16,18-24H2,1-5H3/b26-13+,27-15?,28-17+. The molecule has 1 heterocycles. The summed E-state index contributed by atoms with van der Waals surface area (Å²) < 4.78 is 0. The van der Waals surface area contributed by atoms with Crippen LogP contribution in [0.3, 0.4) is 0 Å². The highest BCUT2D eigenvalue weighted by atomic mass is 79.9. The van der Waals surface area contributed by atoms with Gasteiger partial charge in [-0.05, 0) is 92.5 Å². The number of carbonyl (C=O) groups is 1. The minimum absolute atomic E-state index is 0.319. The first-order valence-corrected chi connectivity index (χ1v) is 14.1. The molecule has 188 valence electrons. The fourth-order valence-electron chi connectivity index (χ4n) is 4.09. The van der Waals surface area contributed by atoms with Gasteiger partial charge < -0.3 is 4.90 Å². The van der Waals surface area contributed by atoms with E-state index in [1.54, 1.807) is 0 Å². The highest BCUT2D eigenvalue weighted by Gasteiger charge is 2.19. The summed E-state index contributed by atoms with van der Waals surface area (Å²) in [6, 6.07) is 0. The van der Waals surface area contributed by atoms with Crippen molar-refractivity contribution in [1.29, 1.82) is 0 Å². The molecule has 0 spiro atoms. The predicted octanol–water partition coefficient (Wildman–Crippen LogP) is 7.84. The van der Waals surface area contributed by atoms with Crippen LogP contribution in [0.1, 0.15) is 92.4 Å². The van der Waals surface area contributed by atoms with Crippen LogP contribution in [0.4, 0.5) is 0 Å². The van der Waals surface area contributed by atoms with Gasteiger partial charge in [0, 0.05) is 37.9 Å². The van der Waals surface area contributed by atoms with Crippen molar-refractivity contribution >= 4 is 21.8 Å². The van der Waals surface area contributed by atoms with Crippen molar-refractivity contribution in [3.63, 3.8) is 0 Å². The molecule has 0 aromatic rings. The Balaban J connectivity index is 2.20. The van der Waals surface area contributed by atoms with E-state index < -0.39 is 0 Å². The third-order valence-corrected chi connectivity index (χ3v) is 6.90. The molecule has 4 heteroatoms. The van der Waals surface area contributed by atoms with E-state index in [0.29, 0.717) is 12.3 Å². The number of hydrogen-bond acceptors (Lipinski definition) is 2. The number of alkyl halides is 1. The van der Waals surface area contributed by atoms with Gasteiger partial charge in [-0.15, -0.1) is 0 Å². The van der Waals surface area contributed by atoms with E-state index in [1.807, 2.05) is 0 Å². The molecule has 0 aromatic heterocycles. The second kappa shape index (κ2) is 18.2. The minimum atomic E-state index is 0.319. The summed E-state index contributed by atoms with van der Waals surface area (Å²) in [5.74, 6) is 0.319. The Morgan fingerprint density at radius 2 is 1.15 bits per heavy atom. The lowest BCUT2D eigenvalue weighted by Gasteiger charge is -2.34. The van der Waals surface area contributed by atoms with Crippen molar-refractivity contribution in [2.45, 2.75) is 92.4 Å². The SMILES string of the molecule is CC(C)=CCC/C(C)=C/CCC(C)=CCC/C(C)=C/CCC(=O)N1CCN(CCCBr)CC1. The van der Waals surface area contributed by atoms with Gasteiger partial charge in [0.1, 0.15) is 0 Å². The first-order chi connectivity index (χ1) is 15.8. The van der Waals surface area contributed by atoms with Gasteiger partial charge >= 0.3 is 0 Å². The first kappa shape index (κ1) is 29.9. The van der Waals surface area contributed by atoms with Gasteiger partial charge in [0.25, 0.3) is 0 Å². The molecule has 1 aliphatic heterocycles.